The van der Waals surface area contributed by atoms with Crippen LogP contribution in [0.3, 0.4) is 0 Å². The summed E-state index contributed by atoms with van der Waals surface area (Å²) in [5.74, 6) is 4.07. The lowest BCUT2D eigenvalue weighted by Crippen LogP contribution is -2.52. The van der Waals surface area contributed by atoms with Gasteiger partial charge < -0.3 is 4.74 Å². The van der Waals surface area contributed by atoms with E-state index in [0.717, 1.165) is 23.5 Å². The third kappa shape index (κ3) is 1.98. The molecule has 4 fully saturated rings. The third-order valence-corrected chi connectivity index (χ3v) is 6.00. The molecule has 102 valence electrons. The Morgan fingerprint density at radius 2 is 1.47 bits per heavy atom. The van der Waals surface area contributed by atoms with Crippen LogP contribution in [0, 0.1) is 23.2 Å². The second kappa shape index (κ2) is 4.26. The van der Waals surface area contributed by atoms with E-state index in [1.54, 1.807) is 0 Å². The molecule has 0 radical (unpaired) electrons. The van der Waals surface area contributed by atoms with Crippen LogP contribution in [0.4, 0.5) is 0 Å². The van der Waals surface area contributed by atoms with Crippen LogP contribution in [0.5, 0.6) is 5.75 Å². The van der Waals surface area contributed by atoms with Crippen LogP contribution < -0.4 is 4.74 Å². The number of para-hydroxylation sites is 1. The lowest BCUT2D eigenvalue weighted by Gasteiger charge is -2.58. The highest BCUT2D eigenvalue weighted by molar-refractivity contribution is 5.22. The number of benzene rings is 1. The molecule has 0 amide bonds. The number of rotatable bonds is 3. The predicted octanol–water partition coefficient (Wildman–Crippen LogP) is 4.67. The second-order valence-corrected chi connectivity index (χ2v) is 7.35. The molecule has 0 aromatic heterocycles. The molecular weight excluding hydrogens is 232 g/mol. The van der Waals surface area contributed by atoms with E-state index in [1.165, 1.54) is 38.5 Å². The summed E-state index contributed by atoms with van der Waals surface area (Å²) in [5.41, 5.74) is 0.491. The van der Waals surface area contributed by atoms with E-state index >= 15 is 0 Å². The second-order valence-electron chi connectivity index (χ2n) is 7.35. The largest absolute Gasteiger partial charge is 0.490 e. The maximum absolute atomic E-state index is 6.30. The van der Waals surface area contributed by atoms with Crippen LogP contribution in [0.2, 0.25) is 0 Å². The Morgan fingerprint density at radius 3 is 2.00 bits per heavy atom. The van der Waals surface area contributed by atoms with Crippen LogP contribution in [0.15, 0.2) is 30.3 Å². The monoisotopic (exact) mass is 256 g/mol. The van der Waals surface area contributed by atoms with Crippen molar-refractivity contribution in [2.45, 2.75) is 51.6 Å². The molecule has 1 atom stereocenters. The quantitative estimate of drug-likeness (QED) is 0.763. The first-order valence-electron chi connectivity index (χ1n) is 7.95. The van der Waals surface area contributed by atoms with Crippen molar-refractivity contribution in [3.63, 3.8) is 0 Å². The summed E-state index contributed by atoms with van der Waals surface area (Å²) < 4.78 is 6.30. The zero-order valence-corrected chi connectivity index (χ0v) is 11.8. The summed E-state index contributed by atoms with van der Waals surface area (Å²) in [6.45, 7) is 2.32. The van der Waals surface area contributed by atoms with Crippen LogP contribution in [-0.2, 0) is 0 Å². The molecule has 4 saturated carbocycles. The van der Waals surface area contributed by atoms with Gasteiger partial charge in [-0.1, -0.05) is 18.2 Å². The Hall–Kier alpha value is -0.980. The van der Waals surface area contributed by atoms with E-state index in [1.807, 2.05) is 0 Å². The normalized spacial score (nSPS) is 41.2. The van der Waals surface area contributed by atoms with E-state index in [4.69, 9.17) is 4.74 Å². The topological polar surface area (TPSA) is 9.23 Å². The molecule has 4 aliphatic rings. The van der Waals surface area contributed by atoms with Crippen molar-refractivity contribution in [2.75, 3.05) is 0 Å². The fraction of sp³-hybridized carbons (Fsp3) is 0.667. The van der Waals surface area contributed by atoms with Gasteiger partial charge in [0.05, 0.1) is 0 Å². The fourth-order valence-electron chi connectivity index (χ4n) is 5.50. The summed E-state index contributed by atoms with van der Waals surface area (Å²) >= 11 is 0. The van der Waals surface area contributed by atoms with Gasteiger partial charge in [-0.15, -0.1) is 0 Å². The minimum Gasteiger partial charge on any atom is -0.490 e. The van der Waals surface area contributed by atoms with Crippen molar-refractivity contribution in [3.8, 4) is 5.75 Å². The third-order valence-electron chi connectivity index (χ3n) is 6.00. The van der Waals surface area contributed by atoms with Crippen LogP contribution >= 0.6 is 0 Å². The molecule has 1 unspecified atom stereocenters. The Kier molecular flexibility index (Phi) is 2.65. The molecule has 4 aliphatic carbocycles. The Labute approximate surface area is 116 Å². The van der Waals surface area contributed by atoms with E-state index in [0.29, 0.717) is 11.5 Å². The smallest absolute Gasteiger partial charge is 0.119 e. The van der Waals surface area contributed by atoms with Gasteiger partial charge in [0.25, 0.3) is 0 Å². The van der Waals surface area contributed by atoms with Gasteiger partial charge >= 0.3 is 0 Å². The zero-order chi connectivity index (χ0) is 12.9. The summed E-state index contributed by atoms with van der Waals surface area (Å²) in [7, 11) is 0. The molecule has 0 saturated heterocycles. The standard InChI is InChI=1S/C18H24O/c1-13(19-17-5-3-2-4-6-17)18-10-14-7-15(11-18)9-16(8-14)12-18/h2-6,13-16H,7-12H2,1H3. The van der Waals surface area contributed by atoms with Gasteiger partial charge in [0, 0.05) is 5.41 Å². The van der Waals surface area contributed by atoms with Crippen molar-refractivity contribution >= 4 is 0 Å². The highest BCUT2D eigenvalue weighted by Crippen LogP contribution is 2.61. The minimum atomic E-state index is 0.378. The van der Waals surface area contributed by atoms with Crippen LogP contribution in [-0.4, -0.2) is 6.10 Å². The zero-order valence-electron chi connectivity index (χ0n) is 11.8. The SMILES string of the molecule is CC(Oc1ccccc1)C12CC3CC(CC(C3)C1)C2. The van der Waals surface area contributed by atoms with Crippen molar-refractivity contribution in [3.05, 3.63) is 30.3 Å². The predicted molar refractivity (Wildman–Crippen MR) is 77.1 cm³/mol. The Balaban J connectivity index is 1.55. The van der Waals surface area contributed by atoms with Gasteiger partial charge in [-0.05, 0) is 75.3 Å². The van der Waals surface area contributed by atoms with Crippen LogP contribution in [0.1, 0.15) is 45.4 Å². The van der Waals surface area contributed by atoms with E-state index in [9.17, 15) is 0 Å². The summed E-state index contributed by atoms with van der Waals surface area (Å²) in [6.07, 6.45) is 9.18. The average molecular weight is 256 g/mol. The first-order chi connectivity index (χ1) is 9.23. The molecule has 4 bridgehead atoms. The summed E-state index contributed by atoms with van der Waals surface area (Å²) in [6, 6.07) is 10.4. The Morgan fingerprint density at radius 1 is 0.947 bits per heavy atom. The van der Waals surface area contributed by atoms with Crippen molar-refractivity contribution in [1.29, 1.82) is 0 Å². The first-order valence-corrected chi connectivity index (χ1v) is 7.95. The highest BCUT2D eigenvalue weighted by atomic mass is 16.5. The molecule has 1 aromatic rings. The van der Waals surface area contributed by atoms with Crippen molar-refractivity contribution in [1.82, 2.24) is 0 Å². The lowest BCUT2D eigenvalue weighted by molar-refractivity contribution is -0.105. The molecule has 1 aromatic carbocycles. The van der Waals surface area contributed by atoms with E-state index in [-0.39, 0.29) is 0 Å². The van der Waals surface area contributed by atoms with Gasteiger partial charge in [-0.3, -0.25) is 0 Å². The molecular formula is C18H24O. The summed E-state index contributed by atoms with van der Waals surface area (Å²) in [4.78, 5) is 0. The fourth-order valence-corrected chi connectivity index (χ4v) is 5.50. The molecule has 19 heavy (non-hydrogen) atoms. The van der Waals surface area contributed by atoms with Gasteiger partial charge in [-0.25, -0.2) is 0 Å². The van der Waals surface area contributed by atoms with Gasteiger partial charge in [0.15, 0.2) is 0 Å². The highest BCUT2D eigenvalue weighted by Gasteiger charge is 2.53. The molecule has 1 heteroatoms. The van der Waals surface area contributed by atoms with Gasteiger partial charge in [-0.2, -0.15) is 0 Å². The molecule has 0 N–H and O–H groups in total. The minimum absolute atomic E-state index is 0.378. The number of ether oxygens (including phenoxy) is 1. The van der Waals surface area contributed by atoms with Crippen LogP contribution in [0.25, 0.3) is 0 Å². The average Bonchev–Trinajstić information content (AvgIpc) is 2.38. The van der Waals surface area contributed by atoms with Crippen molar-refractivity contribution in [2.24, 2.45) is 23.2 Å². The van der Waals surface area contributed by atoms with Gasteiger partial charge in [0.2, 0.25) is 0 Å². The van der Waals surface area contributed by atoms with Gasteiger partial charge in [0.1, 0.15) is 11.9 Å². The Bertz CT molecular complexity index is 415. The maximum Gasteiger partial charge on any atom is 0.119 e. The molecule has 1 nitrogen and oxygen atoms in total. The number of hydrogen-bond donors (Lipinski definition) is 0. The molecule has 0 aliphatic heterocycles. The number of hydrogen-bond acceptors (Lipinski definition) is 1. The van der Waals surface area contributed by atoms with E-state index < -0.39 is 0 Å². The summed E-state index contributed by atoms with van der Waals surface area (Å²) in [5, 5.41) is 0. The maximum atomic E-state index is 6.30. The first kappa shape index (κ1) is 11.8. The molecule has 5 rings (SSSR count). The molecule has 0 spiro atoms. The van der Waals surface area contributed by atoms with Crippen molar-refractivity contribution < 1.29 is 4.74 Å². The lowest BCUT2D eigenvalue weighted by atomic mass is 9.48. The van der Waals surface area contributed by atoms with E-state index in [2.05, 4.69) is 37.3 Å². The molecule has 0 heterocycles.